The van der Waals surface area contributed by atoms with Gasteiger partial charge in [0.25, 0.3) is 0 Å². The molecule has 216 valence electrons. The van der Waals surface area contributed by atoms with Crippen LogP contribution >= 0.6 is 0 Å². The van der Waals surface area contributed by atoms with Crippen molar-refractivity contribution in [2.75, 3.05) is 42.5 Å². The molecule has 40 heavy (non-hydrogen) atoms. The predicted octanol–water partition coefficient (Wildman–Crippen LogP) is 7.66. The average Bonchev–Trinajstić information content (AvgIpc) is 3.60. The van der Waals surface area contributed by atoms with Crippen LogP contribution in [-0.2, 0) is 6.42 Å². The van der Waals surface area contributed by atoms with Crippen LogP contribution in [0.1, 0.15) is 101 Å². The number of benzene rings is 1. The summed E-state index contributed by atoms with van der Waals surface area (Å²) in [6, 6.07) is 11.6. The molecule has 3 aromatic rings. The summed E-state index contributed by atoms with van der Waals surface area (Å²) >= 11 is 0. The van der Waals surface area contributed by atoms with E-state index in [1.807, 2.05) is 0 Å². The average molecular weight is 543 g/mol. The summed E-state index contributed by atoms with van der Waals surface area (Å²) in [4.78, 5) is 12.7. The van der Waals surface area contributed by atoms with Crippen LogP contribution in [0.5, 0.6) is 0 Å². The van der Waals surface area contributed by atoms with Gasteiger partial charge in [0.15, 0.2) is 5.65 Å². The number of aromatic nitrogens is 3. The smallest absolute Gasteiger partial charge is 0.160 e. The van der Waals surface area contributed by atoms with Crippen LogP contribution in [0.25, 0.3) is 11.3 Å². The largest absolute Gasteiger partial charge is 0.363 e. The first-order chi connectivity index (χ1) is 19.4. The van der Waals surface area contributed by atoms with E-state index in [-0.39, 0.29) is 6.04 Å². The monoisotopic (exact) mass is 542 g/mol. The van der Waals surface area contributed by atoms with Crippen molar-refractivity contribution >= 4 is 23.0 Å². The molecule has 2 aliphatic rings. The number of hydrogen-bond acceptors (Lipinski definition) is 5. The van der Waals surface area contributed by atoms with Crippen LogP contribution in [0.15, 0.2) is 36.9 Å². The Morgan fingerprint density at radius 1 is 1.05 bits per heavy atom. The number of aryl methyl sites for hydroxylation is 2. The zero-order valence-electron chi connectivity index (χ0n) is 25.6. The Morgan fingerprint density at radius 3 is 2.62 bits per heavy atom. The van der Waals surface area contributed by atoms with Crippen LogP contribution in [0.2, 0.25) is 0 Å². The summed E-state index contributed by atoms with van der Waals surface area (Å²) in [6.45, 7) is 21.2. The van der Waals surface area contributed by atoms with E-state index in [4.69, 9.17) is 10.1 Å². The highest BCUT2D eigenvalue weighted by Gasteiger charge is 2.30. The van der Waals surface area contributed by atoms with Gasteiger partial charge in [-0.05, 0) is 69.9 Å². The number of nitrogens with zero attached hydrogens (tertiary/aromatic N) is 6. The first-order valence-electron chi connectivity index (χ1n) is 15.9. The highest BCUT2D eigenvalue weighted by molar-refractivity contribution is 5.67. The van der Waals surface area contributed by atoms with Crippen molar-refractivity contribution < 1.29 is 0 Å². The topological polar surface area (TPSA) is 39.9 Å². The molecule has 6 heteroatoms. The number of likely N-dealkylation sites (tertiary alicyclic amines) is 1. The molecule has 2 aliphatic heterocycles. The number of rotatable bonds is 11. The lowest BCUT2D eigenvalue weighted by atomic mass is 9.94. The molecule has 0 amide bonds. The van der Waals surface area contributed by atoms with Crippen LogP contribution in [0.3, 0.4) is 0 Å². The molecule has 0 radical (unpaired) electrons. The van der Waals surface area contributed by atoms with Gasteiger partial charge < -0.3 is 14.7 Å². The highest BCUT2D eigenvalue weighted by atomic mass is 15.4. The van der Waals surface area contributed by atoms with Crippen molar-refractivity contribution in [1.29, 1.82) is 0 Å². The standard InChI is InChI=1S/C34H50N6/c1-7-10-18-37(9-3)34-23-32(38-20-17-26(5)24-38)35-33-22-30(36-40(33)34)31-14-11-12-19-39(31)27(6)29-21-25(4)15-16-28(29)13-8-2/h15-16,21-23,26,31H,6-14,17-20,24H2,1-5H3/t26-,31?/m0/s1. The summed E-state index contributed by atoms with van der Waals surface area (Å²) in [7, 11) is 0. The molecule has 2 saturated heterocycles. The van der Waals surface area contributed by atoms with Gasteiger partial charge in [0.05, 0.1) is 11.7 Å². The van der Waals surface area contributed by atoms with Gasteiger partial charge >= 0.3 is 0 Å². The normalized spacial score (nSPS) is 19.5. The van der Waals surface area contributed by atoms with E-state index in [9.17, 15) is 0 Å². The lowest BCUT2D eigenvalue weighted by Crippen LogP contribution is -2.32. The minimum absolute atomic E-state index is 0.215. The molecule has 6 nitrogen and oxygen atoms in total. The Morgan fingerprint density at radius 2 is 1.90 bits per heavy atom. The van der Waals surface area contributed by atoms with E-state index >= 15 is 0 Å². The lowest BCUT2D eigenvalue weighted by molar-refractivity contribution is 0.226. The second kappa shape index (κ2) is 12.7. The van der Waals surface area contributed by atoms with E-state index in [0.717, 1.165) is 74.8 Å². The minimum atomic E-state index is 0.215. The van der Waals surface area contributed by atoms with Gasteiger partial charge in [0, 0.05) is 56.1 Å². The highest BCUT2D eigenvalue weighted by Crippen LogP contribution is 2.38. The molecule has 0 aliphatic carbocycles. The van der Waals surface area contributed by atoms with Gasteiger partial charge in [-0.2, -0.15) is 9.61 Å². The zero-order valence-corrected chi connectivity index (χ0v) is 25.6. The van der Waals surface area contributed by atoms with Crippen molar-refractivity contribution in [3.63, 3.8) is 0 Å². The summed E-state index contributed by atoms with van der Waals surface area (Å²) in [5.74, 6) is 2.99. The molecule has 0 spiro atoms. The fourth-order valence-corrected chi connectivity index (χ4v) is 6.60. The number of fused-ring (bicyclic) bond motifs is 1. The molecule has 0 saturated carbocycles. The summed E-state index contributed by atoms with van der Waals surface area (Å²) in [5, 5.41) is 5.31. The Bertz CT molecular complexity index is 1310. The van der Waals surface area contributed by atoms with Crippen LogP contribution in [0.4, 0.5) is 11.6 Å². The quantitative estimate of drug-likeness (QED) is 0.249. The second-order valence-electron chi connectivity index (χ2n) is 12.1. The van der Waals surface area contributed by atoms with Crippen molar-refractivity contribution in [2.45, 2.75) is 92.0 Å². The Labute approximate surface area is 242 Å². The van der Waals surface area contributed by atoms with Crippen molar-refractivity contribution in [2.24, 2.45) is 5.92 Å². The summed E-state index contributed by atoms with van der Waals surface area (Å²) in [5.41, 5.74) is 7.24. The second-order valence-corrected chi connectivity index (χ2v) is 12.1. The molecule has 2 fully saturated rings. The first-order valence-corrected chi connectivity index (χ1v) is 15.9. The number of anilines is 2. The van der Waals surface area contributed by atoms with Crippen LogP contribution in [-0.4, -0.2) is 52.2 Å². The SMILES string of the molecule is C=C(c1cc(C)ccc1CCC)N1CCCCC1c1cc2nc(N3CC[C@H](C)C3)cc(N(CC)CCCC)n2n1. The Hall–Kier alpha value is -3.02. The molecule has 5 rings (SSSR count). The minimum Gasteiger partial charge on any atom is -0.363 e. The van der Waals surface area contributed by atoms with E-state index in [0.29, 0.717) is 5.92 Å². The third kappa shape index (κ3) is 5.87. The van der Waals surface area contributed by atoms with Gasteiger partial charge in [-0.25, -0.2) is 4.98 Å². The number of hydrogen-bond donors (Lipinski definition) is 0. The van der Waals surface area contributed by atoms with Crippen molar-refractivity contribution in [1.82, 2.24) is 19.5 Å². The Kier molecular flexibility index (Phi) is 9.02. The van der Waals surface area contributed by atoms with Gasteiger partial charge in [0.2, 0.25) is 0 Å². The Balaban J connectivity index is 1.55. The molecule has 2 aromatic heterocycles. The molecule has 1 unspecified atom stereocenters. The van der Waals surface area contributed by atoms with Crippen molar-refractivity contribution in [3.8, 4) is 0 Å². The summed E-state index contributed by atoms with van der Waals surface area (Å²) < 4.78 is 2.13. The third-order valence-electron chi connectivity index (χ3n) is 8.94. The maximum absolute atomic E-state index is 5.31. The molecular weight excluding hydrogens is 492 g/mol. The van der Waals surface area contributed by atoms with Gasteiger partial charge in [-0.1, -0.05) is 57.9 Å². The predicted molar refractivity (Wildman–Crippen MR) is 169 cm³/mol. The third-order valence-corrected chi connectivity index (χ3v) is 8.94. The lowest BCUT2D eigenvalue weighted by Gasteiger charge is -2.38. The van der Waals surface area contributed by atoms with Gasteiger partial charge in [0.1, 0.15) is 11.6 Å². The van der Waals surface area contributed by atoms with Crippen LogP contribution in [0, 0.1) is 12.8 Å². The maximum atomic E-state index is 5.31. The number of unbranched alkanes of at least 4 members (excludes halogenated alkanes) is 1. The van der Waals surface area contributed by atoms with E-state index < -0.39 is 0 Å². The zero-order chi connectivity index (χ0) is 28.2. The van der Waals surface area contributed by atoms with E-state index in [2.05, 4.69) is 90.7 Å². The van der Waals surface area contributed by atoms with E-state index in [1.54, 1.807) is 0 Å². The van der Waals surface area contributed by atoms with Gasteiger partial charge in [-0.3, -0.25) is 0 Å². The van der Waals surface area contributed by atoms with Crippen molar-refractivity contribution in [3.05, 3.63) is 59.3 Å². The number of piperidine rings is 1. The molecule has 0 bridgehead atoms. The molecule has 4 heterocycles. The fraction of sp³-hybridized carbons (Fsp3) is 0.588. The van der Waals surface area contributed by atoms with Gasteiger partial charge in [-0.15, -0.1) is 0 Å². The first kappa shape index (κ1) is 28.5. The molecular formula is C34H50N6. The maximum Gasteiger partial charge on any atom is 0.160 e. The molecule has 2 atom stereocenters. The van der Waals surface area contributed by atoms with E-state index in [1.165, 1.54) is 54.6 Å². The fourth-order valence-electron chi connectivity index (χ4n) is 6.60. The molecule has 1 aromatic carbocycles. The summed E-state index contributed by atoms with van der Waals surface area (Å²) in [6.07, 6.45) is 9.31. The van der Waals surface area contributed by atoms with Crippen LogP contribution < -0.4 is 9.80 Å². The molecule has 0 N–H and O–H groups in total.